The fraction of sp³-hybridized carbons (Fsp3) is 0.818. The fourth-order valence-electron chi connectivity index (χ4n) is 1.56. The summed E-state index contributed by atoms with van der Waals surface area (Å²) in [4.78, 5) is 2.25. The first-order valence-corrected chi connectivity index (χ1v) is 5.90. The number of ether oxygens (including phenoxy) is 1. The first-order chi connectivity index (χ1) is 8.17. The Morgan fingerprint density at radius 3 is 3.00 bits per heavy atom. The molecule has 1 rings (SSSR count). The van der Waals surface area contributed by atoms with Gasteiger partial charge in [0, 0.05) is 32.4 Å². The molecule has 1 N–H and O–H groups in total. The Morgan fingerprint density at radius 1 is 1.59 bits per heavy atom. The van der Waals surface area contributed by atoms with Crippen LogP contribution >= 0.6 is 0 Å². The molecule has 0 bridgehead atoms. The average Bonchev–Trinajstić information content (AvgIpc) is 2.74. The Kier molecular flexibility index (Phi) is 6.10. The van der Waals surface area contributed by atoms with Crippen molar-refractivity contribution in [2.45, 2.75) is 26.1 Å². The van der Waals surface area contributed by atoms with Crippen molar-refractivity contribution in [2.24, 2.45) is 0 Å². The molecule has 1 aromatic heterocycles. The van der Waals surface area contributed by atoms with Crippen molar-refractivity contribution in [3.63, 3.8) is 0 Å². The molecule has 0 fully saturated rings. The summed E-state index contributed by atoms with van der Waals surface area (Å²) in [6.07, 6.45) is 1.98. The van der Waals surface area contributed by atoms with Crippen molar-refractivity contribution in [2.75, 3.05) is 34.4 Å². The number of hydrogen-bond donors (Lipinski definition) is 1. The highest BCUT2D eigenvalue weighted by Crippen LogP contribution is 1.98. The van der Waals surface area contributed by atoms with E-state index < -0.39 is 0 Å². The molecule has 1 atom stereocenters. The van der Waals surface area contributed by atoms with Gasteiger partial charge in [0.05, 0.1) is 18.8 Å². The zero-order chi connectivity index (χ0) is 12.7. The largest absolute Gasteiger partial charge is 0.383 e. The predicted molar refractivity (Wildman–Crippen MR) is 66.8 cm³/mol. The highest BCUT2D eigenvalue weighted by atomic mass is 16.5. The third-order valence-corrected chi connectivity index (χ3v) is 2.79. The molecule has 0 saturated carbocycles. The highest BCUT2D eigenvalue weighted by molar-refractivity contribution is 4.91. The van der Waals surface area contributed by atoms with Crippen molar-refractivity contribution in [3.8, 4) is 0 Å². The van der Waals surface area contributed by atoms with Crippen molar-refractivity contribution >= 4 is 0 Å². The van der Waals surface area contributed by atoms with Gasteiger partial charge in [0.15, 0.2) is 0 Å². The van der Waals surface area contributed by atoms with E-state index in [4.69, 9.17) is 4.74 Å². The second-order valence-electron chi connectivity index (χ2n) is 4.29. The van der Waals surface area contributed by atoms with Gasteiger partial charge in [0.1, 0.15) is 0 Å². The second kappa shape index (κ2) is 7.37. The minimum absolute atomic E-state index is 0.417. The molecule has 0 saturated heterocycles. The van der Waals surface area contributed by atoms with Gasteiger partial charge in [-0.2, -0.15) is 0 Å². The normalized spacial score (nSPS) is 13.2. The summed E-state index contributed by atoms with van der Waals surface area (Å²) in [6, 6.07) is 0.417. The molecule has 0 aromatic carbocycles. The van der Waals surface area contributed by atoms with Gasteiger partial charge in [0.25, 0.3) is 0 Å². The van der Waals surface area contributed by atoms with E-state index in [9.17, 15) is 0 Å². The maximum Gasteiger partial charge on any atom is 0.0964 e. The first-order valence-electron chi connectivity index (χ1n) is 5.90. The van der Waals surface area contributed by atoms with Crippen LogP contribution in [0.1, 0.15) is 12.6 Å². The van der Waals surface area contributed by atoms with E-state index in [1.54, 1.807) is 7.11 Å². The lowest BCUT2D eigenvalue weighted by molar-refractivity contribution is 0.113. The molecule has 1 heterocycles. The zero-order valence-electron chi connectivity index (χ0n) is 11.2. The molecule has 0 aliphatic rings. The summed E-state index contributed by atoms with van der Waals surface area (Å²) in [5.41, 5.74) is 0.972. The third-order valence-electron chi connectivity index (χ3n) is 2.79. The van der Waals surface area contributed by atoms with Crippen LogP contribution in [0.25, 0.3) is 0 Å². The zero-order valence-corrected chi connectivity index (χ0v) is 11.2. The van der Waals surface area contributed by atoms with Crippen LogP contribution in [0.5, 0.6) is 0 Å². The van der Waals surface area contributed by atoms with Crippen molar-refractivity contribution < 1.29 is 4.74 Å². The van der Waals surface area contributed by atoms with E-state index in [0.717, 1.165) is 31.9 Å². The highest BCUT2D eigenvalue weighted by Gasteiger charge is 2.08. The quantitative estimate of drug-likeness (QED) is 0.692. The molecule has 6 nitrogen and oxygen atoms in total. The lowest BCUT2D eigenvalue weighted by Gasteiger charge is -2.23. The summed E-state index contributed by atoms with van der Waals surface area (Å²) in [5, 5.41) is 11.2. The molecule has 17 heavy (non-hydrogen) atoms. The summed E-state index contributed by atoms with van der Waals surface area (Å²) < 4.78 is 7.01. The number of nitrogens with one attached hydrogen (secondary N) is 1. The summed E-state index contributed by atoms with van der Waals surface area (Å²) in [7, 11) is 5.72. The Morgan fingerprint density at radius 2 is 2.35 bits per heavy atom. The molecule has 0 aliphatic carbocycles. The van der Waals surface area contributed by atoms with E-state index in [2.05, 4.69) is 34.5 Å². The maximum absolute atomic E-state index is 5.13. The number of hydrogen-bond acceptors (Lipinski definition) is 5. The Labute approximate surface area is 103 Å². The minimum atomic E-state index is 0.417. The van der Waals surface area contributed by atoms with Gasteiger partial charge in [-0.25, -0.2) is 0 Å². The fourth-order valence-corrected chi connectivity index (χ4v) is 1.56. The molecule has 6 heteroatoms. The Bertz CT molecular complexity index is 315. The molecule has 0 aliphatic heterocycles. The van der Waals surface area contributed by atoms with Gasteiger partial charge in [-0.3, -0.25) is 9.58 Å². The van der Waals surface area contributed by atoms with Gasteiger partial charge in [0.2, 0.25) is 0 Å². The van der Waals surface area contributed by atoms with Gasteiger partial charge in [-0.1, -0.05) is 5.21 Å². The number of rotatable bonds is 8. The smallest absolute Gasteiger partial charge is 0.0964 e. The summed E-state index contributed by atoms with van der Waals surface area (Å²) in [6.45, 7) is 5.44. The van der Waals surface area contributed by atoms with Crippen LogP contribution in [0.3, 0.4) is 0 Å². The lowest BCUT2D eigenvalue weighted by atomic mass is 10.3. The SMILES string of the molecule is CNCc1cn(CCN(C)C(C)COC)nn1. The second-order valence-corrected chi connectivity index (χ2v) is 4.29. The van der Waals surface area contributed by atoms with Gasteiger partial charge in [-0.15, -0.1) is 5.10 Å². The predicted octanol–water partition coefficient (Wildman–Crippen LogP) is -0.0358. The van der Waals surface area contributed by atoms with Crippen LogP contribution < -0.4 is 5.32 Å². The van der Waals surface area contributed by atoms with Crippen LogP contribution in [0.4, 0.5) is 0 Å². The molecule has 1 unspecified atom stereocenters. The number of methoxy groups -OCH3 is 1. The van der Waals surface area contributed by atoms with Gasteiger partial charge < -0.3 is 10.1 Å². The van der Waals surface area contributed by atoms with Gasteiger partial charge in [-0.05, 0) is 21.0 Å². The van der Waals surface area contributed by atoms with E-state index in [1.165, 1.54) is 0 Å². The van der Waals surface area contributed by atoms with Crippen LogP contribution in [0.15, 0.2) is 6.20 Å². The van der Waals surface area contributed by atoms with Crippen LogP contribution in [-0.4, -0.2) is 60.3 Å². The monoisotopic (exact) mass is 241 g/mol. The molecule has 1 aromatic rings. The molecular weight excluding hydrogens is 218 g/mol. The van der Waals surface area contributed by atoms with Gasteiger partial charge >= 0.3 is 0 Å². The van der Waals surface area contributed by atoms with E-state index in [0.29, 0.717) is 6.04 Å². The summed E-state index contributed by atoms with van der Waals surface area (Å²) >= 11 is 0. The van der Waals surface area contributed by atoms with Crippen molar-refractivity contribution in [1.29, 1.82) is 0 Å². The molecule has 98 valence electrons. The van der Waals surface area contributed by atoms with E-state index in [1.807, 2.05) is 17.9 Å². The number of aromatic nitrogens is 3. The number of nitrogens with zero attached hydrogens (tertiary/aromatic N) is 4. The Hall–Kier alpha value is -0.980. The van der Waals surface area contributed by atoms with Crippen LogP contribution in [0, 0.1) is 0 Å². The molecule has 0 radical (unpaired) electrons. The molecular formula is C11H23N5O. The van der Waals surface area contributed by atoms with E-state index >= 15 is 0 Å². The molecule has 0 spiro atoms. The lowest BCUT2D eigenvalue weighted by Crippen LogP contribution is -2.35. The van der Waals surface area contributed by atoms with Crippen molar-refractivity contribution in [3.05, 3.63) is 11.9 Å². The van der Waals surface area contributed by atoms with Crippen LogP contribution in [0.2, 0.25) is 0 Å². The minimum Gasteiger partial charge on any atom is -0.383 e. The van der Waals surface area contributed by atoms with E-state index in [-0.39, 0.29) is 0 Å². The molecule has 0 amide bonds. The average molecular weight is 241 g/mol. The number of likely N-dealkylation sites (N-methyl/N-ethyl adjacent to an activating group) is 1. The van der Waals surface area contributed by atoms with Crippen LogP contribution in [-0.2, 0) is 17.8 Å². The standard InChI is InChI=1S/C11H23N5O/c1-10(9-17-4)15(3)5-6-16-8-11(7-12-2)13-14-16/h8,10,12H,5-7,9H2,1-4H3. The maximum atomic E-state index is 5.13. The van der Waals surface area contributed by atoms with Crippen molar-refractivity contribution in [1.82, 2.24) is 25.2 Å². The third kappa shape index (κ3) is 4.80. The summed E-state index contributed by atoms with van der Waals surface area (Å²) in [5.74, 6) is 0. The first kappa shape index (κ1) is 14.1. The topological polar surface area (TPSA) is 55.2 Å². The Balaban J connectivity index is 2.33.